The summed E-state index contributed by atoms with van der Waals surface area (Å²) in [4.78, 5) is 43.5. The molecule has 4 rings (SSSR count). The van der Waals surface area contributed by atoms with E-state index in [1.165, 1.54) is 4.90 Å². The number of nitrogens with two attached hydrogens (primary N) is 1. The van der Waals surface area contributed by atoms with Crippen LogP contribution in [-0.2, 0) is 42.9 Å². The van der Waals surface area contributed by atoms with Gasteiger partial charge in [0.25, 0.3) is 0 Å². The van der Waals surface area contributed by atoms with Crippen LogP contribution in [0.5, 0.6) is 0 Å². The Labute approximate surface area is 241 Å². The van der Waals surface area contributed by atoms with Crippen LogP contribution in [0.4, 0.5) is 0 Å². The van der Waals surface area contributed by atoms with Gasteiger partial charge in [0.05, 0.1) is 23.5 Å². The van der Waals surface area contributed by atoms with Gasteiger partial charge in [-0.2, -0.15) is 0 Å². The lowest BCUT2D eigenvalue weighted by Gasteiger charge is -2.29. The van der Waals surface area contributed by atoms with Gasteiger partial charge in [-0.15, -0.1) is 0 Å². The van der Waals surface area contributed by atoms with Crippen molar-refractivity contribution in [1.29, 1.82) is 0 Å². The summed E-state index contributed by atoms with van der Waals surface area (Å²) in [5, 5.41) is 0.569. The first-order valence-corrected chi connectivity index (χ1v) is 16.2. The molecule has 2 aliphatic rings. The first-order valence-electron chi connectivity index (χ1n) is 14.0. The summed E-state index contributed by atoms with van der Waals surface area (Å²) in [6.07, 6.45) is 3.46. The normalized spacial score (nSPS) is 18.2. The average molecular weight is 588 g/mol. The van der Waals surface area contributed by atoms with Gasteiger partial charge in [-0.25, -0.2) is 8.42 Å². The number of amides is 2. The molecule has 0 radical (unpaired) electrons. The van der Waals surface area contributed by atoms with Crippen molar-refractivity contribution in [1.82, 2.24) is 9.80 Å². The molecule has 8 nitrogen and oxygen atoms in total. The number of benzene rings is 2. The SMILES string of the molecule is NCc1ccc(Cl)cc1CCC(=O)[C@@H]1CCCN1C(=O)[C@@H](CC(=O)N1CCCC1)CS(=O)(=O)Cc1ccccc1. The van der Waals surface area contributed by atoms with E-state index in [2.05, 4.69) is 0 Å². The van der Waals surface area contributed by atoms with Crippen molar-refractivity contribution < 1.29 is 22.8 Å². The zero-order chi connectivity index (χ0) is 28.7. The number of Topliss-reactive ketones (excluding diaryl/α,β-unsaturated/α-hetero) is 1. The third-order valence-electron chi connectivity index (χ3n) is 7.85. The van der Waals surface area contributed by atoms with E-state index in [1.54, 1.807) is 35.2 Å². The van der Waals surface area contributed by atoms with E-state index in [1.807, 2.05) is 18.2 Å². The Morgan fingerprint density at radius 2 is 1.70 bits per heavy atom. The van der Waals surface area contributed by atoms with E-state index in [0.29, 0.717) is 56.0 Å². The fraction of sp³-hybridized carbons (Fsp3) is 0.500. The Kier molecular flexibility index (Phi) is 10.4. The quantitative estimate of drug-likeness (QED) is 0.406. The van der Waals surface area contributed by atoms with Crippen molar-refractivity contribution in [2.24, 2.45) is 11.7 Å². The van der Waals surface area contributed by atoms with Crippen LogP contribution in [0.25, 0.3) is 0 Å². The topological polar surface area (TPSA) is 118 Å². The fourth-order valence-electron chi connectivity index (χ4n) is 5.77. The minimum Gasteiger partial charge on any atom is -0.343 e. The zero-order valence-corrected chi connectivity index (χ0v) is 24.3. The van der Waals surface area contributed by atoms with Crippen molar-refractivity contribution >= 4 is 39.0 Å². The average Bonchev–Trinajstić information content (AvgIpc) is 3.64. The number of halogens is 1. The summed E-state index contributed by atoms with van der Waals surface area (Å²) in [6.45, 7) is 1.94. The number of sulfone groups is 1. The monoisotopic (exact) mass is 587 g/mol. The van der Waals surface area contributed by atoms with Crippen LogP contribution in [0.2, 0.25) is 5.02 Å². The van der Waals surface area contributed by atoms with Gasteiger partial charge in [0.2, 0.25) is 11.8 Å². The van der Waals surface area contributed by atoms with Crippen molar-refractivity contribution in [2.45, 2.75) is 63.3 Å². The number of aryl methyl sites for hydroxylation is 1. The molecule has 0 aliphatic carbocycles. The summed E-state index contributed by atoms with van der Waals surface area (Å²) < 4.78 is 26.4. The number of rotatable bonds is 12. The van der Waals surface area contributed by atoms with Gasteiger partial charge in [0, 0.05) is 44.0 Å². The van der Waals surface area contributed by atoms with Crippen molar-refractivity contribution in [3.8, 4) is 0 Å². The predicted molar refractivity (Wildman–Crippen MR) is 155 cm³/mol. The second-order valence-electron chi connectivity index (χ2n) is 10.8. The number of nitrogens with zero attached hydrogens (tertiary/aromatic N) is 2. The summed E-state index contributed by atoms with van der Waals surface area (Å²) in [6, 6.07) is 13.6. The lowest BCUT2D eigenvalue weighted by Crippen LogP contribution is -2.46. The van der Waals surface area contributed by atoms with Crippen molar-refractivity contribution in [3.63, 3.8) is 0 Å². The molecule has 0 aromatic heterocycles. The Hall–Kier alpha value is -2.75. The number of hydrogen-bond acceptors (Lipinski definition) is 6. The molecule has 216 valence electrons. The standard InChI is InChI=1S/C30H38ClN3O5S/c31-26-12-10-24(19-32)23(17-26)11-13-28(35)27-9-6-16-34(27)30(37)25(18-29(36)33-14-4-5-15-33)21-40(38,39)20-22-7-2-1-3-8-22/h1-3,7-8,10,12,17,25,27H,4-6,9,11,13-16,18-21,32H2/t25-,27-/m0/s1. The summed E-state index contributed by atoms with van der Waals surface area (Å²) >= 11 is 6.15. The summed E-state index contributed by atoms with van der Waals surface area (Å²) in [7, 11) is -3.70. The zero-order valence-electron chi connectivity index (χ0n) is 22.8. The predicted octanol–water partition coefficient (Wildman–Crippen LogP) is 3.54. The van der Waals surface area contributed by atoms with Crippen LogP contribution in [-0.4, -0.2) is 67.2 Å². The molecule has 2 aromatic carbocycles. The summed E-state index contributed by atoms with van der Waals surface area (Å²) in [5.74, 6) is -2.38. The van der Waals surface area contributed by atoms with Crippen LogP contribution >= 0.6 is 11.6 Å². The number of likely N-dealkylation sites (tertiary alicyclic amines) is 2. The second-order valence-corrected chi connectivity index (χ2v) is 13.3. The molecule has 0 spiro atoms. The molecule has 40 heavy (non-hydrogen) atoms. The van der Waals surface area contributed by atoms with Gasteiger partial charge in [-0.3, -0.25) is 14.4 Å². The maximum absolute atomic E-state index is 13.9. The first-order chi connectivity index (χ1) is 19.2. The molecule has 0 saturated carbocycles. The molecule has 2 amide bonds. The highest BCUT2D eigenvalue weighted by atomic mass is 35.5. The minimum absolute atomic E-state index is 0.0782. The number of ketones is 1. The van der Waals surface area contributed by atoms with Crippen LogP contribution in [0.1, 0.15) is 55.2 Å². The molecule has 2 N–H and O–H groups in total. The molecule has 2 atom stereocenters. The van der Waals surface area contributed by atoms with Crippen LogP contribution in [0.3, 0.4) is 0 Å². The van der Waals surface area contributed by atoms with Gasteiger partial charge in [0.15, 0.2) is 15.6 Å². The number of carbonyl (C=O) groups excluding carboxylic acids is 3. The molecule has 0 bridgehead atoms. The molecule has 10 heteroatoms. The van der Waals surface area contributed by atoms with Crippen LogP contribution in [0.15, 0.2) is 48.5 Å². The molecule has 2 saturated heterocycles. The van der Waals surface area contributed by atoms with E-state index < -0.39 is 33.5 Å². The third kappa shape index (κ3) is 7.92. The maximum atomic E-state index is 13.9. The number of hydrogen-bond donors (Lipinski definition) is 1. The van der Waals surface area contributed by atoms with E-state index in [-0.39, 0.29) is 30.3 Å². The van der Waals surface area contributed by atoms with E-state index >= 15 is 0 Å². The molecular weight excluding hydrogens is 550 g/mol. The molecular formula is C30H38ClN3O5S. The second kappa shape index (κ2) is 13.7. The minimum atomic E-state index is -3.70. The van der Waals surface area contributed by atoms with Gasteiger partial charge >= 0.3 is 0 Å². The van der Waals surface area contributed by atoms with Crippen LogP contribution < -0.4 is 5.73 Å². The highest BCUT2D eigenvalue weighted by Gasteiger charge is 2.39. The lowest BCUT2D eigenvalue weighted by molar-refractivity contribution is -0.143. The highest BCUT2D eigenvalue weighted by Crippen LogP contribution is 2.26. The molecule has 2 aromatic rings. The van der Waals surface area contributed by atoms with Crippen molar-refractivity contribution in [3.05, 3.63) is 70.2 Å². The Morgan fingerprint density at radius 1 is 0.975 bits per heavy atom. The van der Waals surface area contributed by atoms with Gasteiger partial charge in [-0.1, -0.05) is 48.0 Å². The molecule has 2 fully saturated rings. The summed E-state index contributed by atoms with van der Waals surface area (Å²) in [5.41, 5.74) is 8.30. The molecule has 2 heterocycles. The van der Waals surface area contributed by atoms with Crippen molar-refractivity contribution in [2.75, 3.05) is 25.4 Å². The van der Waals surface area contributed by atoms with Gasteiger partial charge in [0.1, 0.15) is 0 Å². The van der Waals surface area contributed by atoms with E-state index in [0.717, 1.165) is 24.0 Å². The Bertz CT molecular complexity index is 1310. The lowest BCUT2D eigenvalue weighted by atomic mass is 9.97. The fourth-order valence-corrected chi connectivity index (χ4v) is 7.65. The van der Waals surface area contributed by atoms with E-state index in [4.69, 9.17) is 17.3 Å². The highest BCUT2D eigenvalue weighted by molar-refractivity contribution is 7.90. The van der Waals surface area contributed by atoms with E-state index in [9.17, 15) is 22.8 Å². The van der Waals surface area contributed by atoms with Crippen LogP contribution in [0, 0.1) is 5.92 Å². The first kappa shape index (κ1) is 30.2. The maximum Gasteiger partial charge on any atom is 0.227 e. The smallest absolute Gasteiger partial charge is 0.227 e. The van der Waals surface area contributed by atoms with Gasteiger partial charge in [-0.05, 0) is 60.9 Å². The molecule has 0 unspecified atom stereocenters. The largest absolute Gasteiger partial charge is 0.343 e. The Balaban J connectivity index is 1.48. The van der Waals surface area contributed by atoms with Gasteiger partial charge < -0.3 is 15.5 Å². The molecule has 2 aliphatic heterocycles. The third-order valence-corrected chi connectivity index (χ3v) is 9.77. The number of carbonyl (C=O) groups is 3. The Morgan fingerprint density at radius 3 is 2.40 bits per heavy atom.